The summed E-state index contributed by atoms with van der Waals surface area (Å²) in [6.07, 6.45) is 9.81. The molecule has 18 heavy (non-hydrogen) atoms. The van der Waals surface area contributed by atoms with E-state index in [1.54, 1.807) is 0 Å². The average Bonchev–Trinajstić information content (AvgIpc) is 2.89. The van der Waals surface area contributed by atoms with Gasteiger partial charge in [0.1, 0.15) is 5.82 Å². The van der Waals surface area contributed by atoms with Crippen LogP contribution in [0, 0.1) is 0 Å². The SMILES string of the molecule is CCCN(Cc1ncccn1)C1(CN)CCCC1. The smallest absolute Gasteiger partial charge is 0.142 e. The minimum absolute atomic E-state index is 0.190. The van der Waals surface area contributed by atoms with Gasteiger partial charge >= 0.3 is 0 Å². The maximum absolute atomic E-state index is 6.07. The Hall–Kier alpha value is -1.00. The van der Waals surface area contributed by atoms with E-state index in [9.17, 15) is 0 Å². The lowest BCUT2D eigenvalue weighted by molar-refractivity contribution is 0.0874. The van der Waals surface area contributed by atoms with Gasteiger partial charge in [0, 0.05) is 24.5 Å². The summed E-state index contributed by atoms with van der Waals surface area (Å²) in [5.41, 5.74) is 6.26. The molecule has 1 heterocycles. The molecule has 1 aliphatic rings. The van der Waals surface area contributed by atoms with E-state index in [1.165, 1.54) is 25.7 Å². The van der Waals surface area contributed by atoms with E-state index in [0.717, 1.165) is 31.9 Å². The lowest BCUT2D eigenvalue weighted by Crippen LogP contribution is -2.52. The summed E-state index contributed by atoms with van der Waals surface area (Å²) in [6, 6.07) is 1.86. The van der Waals surface area contributed by atoms with Gasteiger partial charge in [0.25, 0.3) is 0 Å². The fourth-order valence-electron chi connectivity index (χ4n) is 3.02. The lowest BCUT2D eigenvalue weighted by atomic mass is 9.94. The summed E-state index contributed by atoms with van der Waals surface area (Å²) >= 11 is 0. The Morgan fingerprint density at radius 2 is 1.94 bits per heavy atom. The number of nitrogens with two attached hydrogens (primary N) is 1. The van der Waals surface area contributed by atoms with Crippen molar-refractivity contribution in [2.75, 3.05) is 13.1 Å². The van der Waals surface area contributed by atoms with Gasteiger partial charge in [-0.25, -0.2) is 9.97 Å². The molecule has 0 aliphatic heterocycles. The van der Waals surface area contributed by atoms with Gasteiger partial charge in [-0.3, -0.25) is 4.90 Å². The molecule has 100 valence electrons. The second-order valence-corrected chi connectivity index (χ2v) is 5.22. The van der Waals surface area contributed by atoms with Crippen molar-refractivity contribution in [3.05, 3.63) is 24.3 Å². The zero-order chi connectivity index (χ0) is 12.8. The molecule has 0 unspecified atom stereocenters. The summed E-state index contributed by atoms with van der Waals surface area (Å²) in [7, 11) is 0. The van der Waals surface area contributed by atoms with E-state index in [4.69, 9.17) is 5.73 Å². The first-order valence-electron chi connectivity index (χ1n) is 7.02. The van der Waals surface area contributed by atoms with Crippen LogP contribution in [0.5, 0.6) is 0 Å². The molecule has 4 heteroatoms. The summed E-state index contributed by atoms with van der Waals surface area (Å²) < 4.78 is 0. The lowest BCUT2D eigenvalue weighted by Gasteiger charge is -2.40. The molecule has 4 nitrogen and oxygen atoms in total. The largest absolute Gasteiger partial charge is 0.329 e. The summed E-state index contributed by atoms with van der Waals surface area (Å²) in [5.74, 6) is 0.908. The minimum Gasteiger partial charge on any atom is -0.329 e. The van der Waals surface area contributed by atoms with Crippen LogP contribution in [0.2, 0.25) is 0 Å². The summed E-state index contributed by atoms with van der Waals surface area (Å²) in [5, 5.41) is 0. The zero-order valence-corrected chi connectivity index (χ0v) is 11.3. The molecular formula is C14H24N4. The maximum atomic E-state index is 6.07. The Balaban J connectivity index is 2.12. The van der Waals surface area contributed by atoms with Crippen LogP contribution in [-0.4, -0.2) is 33.5 Å². The summed E-state index contributed by atoms with van der Waals surface area (Å²) in [4.78, 5) is 11.2. The first-order chi connectivity index (χ1) is 8.80. The van der Waals surface area contributed by atoms with E-state index in [-0.39, 0.29) is 5.54 Å². The van der Waals surface area contributed by atoms with Gasteiger partial charge in [-0.05, 0) is 31.9 Å². The van der Waals surface area contributed by atoms with Crippen molar-refractivity contribution in [3.8, 4) is 0 Å². The molecule has 0 aromatic carbocycles. The second-order valence-electron chi connectivity index (χ2n) is 5.22. The van der Waals surface area contributed by atoms with E-state index >= 15 is 0 Å². The highest BCUT2D eigenvalue weighted by Gasteiger charge is 2.38. The molecule has 0 spiro atoms. The molecular weight excluding hydrogens is 224 g/mol. The third-order valence-corrected chi connectivity index (χ3v) is 4.03. The van der Waals surface area contributed by atoms with Crippen molar-refractivity contribution in [2.24, 2.45) is 5.73 Å². The average molecular weight is 248 g/mol. The normalized spacial score (nSPS) is 18.4. The highest BCUT2D eigenvalue weighted by molar-refractivity contribution is 4.98. The van der Waals surface area contributed by atoms with Gasteiger partial charge in [-0.2, -0.15) is 0 Å². The predicted molar refractivity (Wildman–Crippen MR) is 73.0 cm³/mol. The topological polar surface area (TPSA) is 55.0 Å². The predicted octanol–water partition coefficient (Wildman–Crippen LogP) is 1.96. The van der Waals surface area contributed by atoms with Gasteiger partial charge in [0.2, 0.25) is 0 Å². The van der Waals surface area contributed by atoms with Crippen molar-refractivity contribution in [1.29, 1.82) is 0 Å². The number of nitrogens with zero attached hydrogens (tertiary/aromatic N) is 3. The van der Waals surface area contributed by atoms with Crippen molar-refractivity contribution < 1.29 is 0 Å². The molecule has 1 aromatic rings. The van der Waals surface area contributed by atoms with E-state index in [0.29, 0.717) is 0 Å². The molecule has 1 saturated carbocycles. The van der Waals surface area contributed by atoms with Crippen molar-refractivity contribution in [3.63, 3.8) is 0 Å². The highest BCUT2D eigenvalue weighted by atomic mass is 15.2. The monoisotopic (exact) mass is 248 g/mol. The van der Waals surface area contributed by atoms with Crippen molar-refractivity contribution in [2.45, 2.75) is 51.1 Å². The Morgan fingerprint density at radius 1 is 1.28 bits per heavy atom. The van der Waals surface area contributed by atoms with E-state index in [1.807, 2.05) is 18.5 Å². The fraction of sp³-hybridized carbons (Fsp3) is 0.714. The highest BCUT2D eigenvalue weighted by Crippen LogP contribution is 2.35. The standard InChI is InChI=1S/C14H24N4/c1-2-10-18(11-13-16-8-5-9-17-13)14(12-15)6-3-4-7-14/h5,8-9H,2-4,6-7,10-12,15H2,1H3. The number of hydrogen-bond acceptors (Lipinski definition) is 4. The van der Waals surface area contributed by atoms with Crippen LogP contribution < -0.4 is 5.73 Å². The third kappa shape index (κ3) is 2.87. The first kappa shape index (κ1) is 13.4. The van der Waals surface area contributed by atoms with Gasteiger partial charge in [0.05, 0.1) is 6.54 Å². The van der Waals surface area contributed by atoms with Gasteiger partial charge in [-0.1, -0.05) is 19.8 Å². The Bertz CT molecular complexity index is 346. The van der Waals surface area contributed by atoms with Crippen molar-refractivity contribution >= 4 is 0 Å². The van der Waals surface area contributed by atoms with Gasteiger partial charge in [-0.15, -0.1) is 0 Å². The molecule has 0 saturated heterocycles. The summed E-state index contributed by atoms with van der Waals surface area (Å²) in [6.45, 7) is 4.87. The van der Waals surface area contributed by atoms with E-state index in [2.05, 4.69) is 21.8 Å². The van der Waals surface area contributed by atoms with E-state index < -0.39 is 0 Å². The Morgan fingerprint density at radius 3 is 2.50 bits per heavy atom. The van der Waals surface area contributed by atoms with Gasteiger partial charge in [0.15, 0.2) is 0 Å². The number of hydrogen-bond donors (Lipinski definition) is 1. The molecule has 1 fully saturated rings. The first-order valence-corrected chi connectivity index (χ1v) is 7.02. The Labute approximate surface area is 110 Å². The minimum atomic E-state index is 0.190. The van der Waals surface area contributed by atoms with Gasteiger partial charge < -0.3 is 5.73 Å². The molecule has 1 aliphatic carbocycles. The van der Waals surface area contributed by atoms with Crippen molar-refractivity contribution in [1.82, 2.24) is 14.9 Å². The zero-order valence-electron chi connectivity index (χ0n) is 11.3. The van der Waals surface area contributed by atoms with Crippen LogP contribution in [0.4, 0.5) is 0 Å². The molecule has 0 radical (unpaired) electrons. The van der Waals surface area contributed by atoms with Crippen LogP contribution in [0.1, 0.15) is 44.9 Å². The van der Waals surface area contributed by atoms with Crippen LogP contribution in [0.3, 0.4) is 0 Å². The molecule has 2 N–H and O–H groups in total. The molecule has 1 aromatic heterocycles. The quantitative estimate of drug-likeness (QED) is 0.836. The maximum Gasteiger partial charge on any atom is 0.142 e. The molecule has 2 rings (SSSR count). The van der Waals surface area contributed by atoms with Crippen LogP contribution in [0.15, 0.2) is 18.5 Å². The molecule has 0 atom stereocenters. The molecule has 0 amide bonds. The van der Waals surface area contributed by atoms with Crippen LogP contribution >= 0.6 is 0 Å². The second kappa shape index (κ2) is 6.25. The number of aromatic nitrogens is 2. The fourth-order valence-corrected chi connectivity index (χ4v) is 3.02. The Kier molecular flexibility index (Phi) is 4.66. The third-order valence-electron chi connectivity index (χ3n) is 4.03. The van der Waals surface area contributed by atoms with Crippen LogP contribution in [-0.2, 0) is 6.54 Å². The van der Waals surface area contributed by atoms with Crippen LogP contribution in [0.25, 0.3) is 0 Å². The number of rotatable bonds is 6. The molecule has 0 bridgehead atoms.